The lowest BCUT2D eigenvalue weighted by atomic mass is 10.2. The smallest absolute Gasteiger partial charge is 0.229 e. The van der Waals surface area contributed by atoms with Crippen molar-refractivity contribution >= 4 is 17.5 Å². The summed E-state index contributed by atoms with van der Waals surface area (Å²) in [5, 5.41) is 2.85. The van der Waals surface area contributed by atoms with Gasteiger partial charge in [-0.05, 0) is 38.5 Å². The van der Waals surface area contributed by atoms with Gasteiger partial charge in [-0.25, -0.2) is 13.8 Å². The molecule has 0 spiro atoms. The molecule has 0 saturated heterocycles. The molecule has 0 atom stereocenters. The van der Waals surface area contributed by atoms with Crippen LogP contribution < -0.4 is 10.2 Å². The average Bonchev–Trinajstić information content (AvgIpc) is 2.62. The summed E-state index contributed by atoms with van der Waals surface area (Å²) in [7, 11) is 0. The Morgan fingerprint density at radius 2 is 1.74 bits per heavy atom. The molecule has 6 heteroatoms. The number of halogens is 2. The average molecular weight is 368 g/mol. The summed E-state index contributed by atoms with van der Waals surface area (Å²) in [5.41, 5.74) is 2.05. The fourth-order valence-corrected chi connectivity index (χ4v) is 2.77. The summed E-state index contributed by atoms with van der Waals surface area (Å²) >= 11 is 0. The van der Waals surface area contributed by atoms with Gasteiger partial charge in [0.25, 0.3) is 0 Å². The maximum atomic E-state index is 13.9. The van der Waals surface area contributed by atoms with Gasteiger partial charge in [-0.15, -0.1) is 0 Å². The predicted octanol–water partition coefficient (Wildman–Crippen LogP) is 5.22. The number of hydrogen-bond acceptors (Lipinski definition) is 4. The van der Waals surface area contributed by atoms with Gasteiger partial charge in [0.2, 0.25) is 5.95 Å². The molecular weight excluding hydrogens is 346 g/mol. The molecule has 4 nitrogen and oxygen atoms in total. The number of rotatable bonds is 6. The zero-order valence-corrected chi connectivity index (χ0v) is 15.6. The molecule has 0 aliphatic heterocycles. The predicted molar refractivity (Wildman–Crippen MR) is 104 cm³/mol. The summed E-state index contributed by atoms with van der Waals surface area (Å²) < 4.78 is 27.1. The highest BCUT2D eigenvalue weighted by Crippen LogP contribution is 2.23. The van der Waals surface area contributed by atoms with Crippen molar-refractivity contribution in [3.8, 4) is 0 Å². The maximum absolute atomic E-state index is 13.9. The van der Waals surface area contributed by atoms with Gasteiger partial charge >= 0.3 is 0 Å². The molecule has 1 aromatic heterocycles. The number of nitrogens with zero attached hydrogens (tertiary/aromatic N) is 3. The summed E-state index contributed by atoms with van der Waals surface area (Å²) in [6.07, 6.45) is 0. The molecule has 0 saturated carbocycles. The van der Waals surface area contributed by atoms with E-state index in [-0.39, 0.29) is 17.7 Å². The quantitative estimate of drug-likeness (QED) is 0.647. The van der Waals surface area contributed by atoms with Crippen LogP contribution in [0.15, 0.2) is 54.6 Å². The topological polar surface area (TPSA) is 41.1 Å². The first-order valence-corrected chi connectivity index (χ1v) is 8.80. The van der Waals surface area contributed by atoms with E-state index in [0.29, 0.717) is 6.54 Å². The van der Waals surface area contributed by atoms with Gasteiger partial charge in [0.1, 0.15) is 17.5 Å². The lowest BCUT2D eigenvalue weighted by Crippen LogP contribution is -2.31. The minimum absolute atomic E-state index is 0.132. The van der Waals surface area contributed by atoms with Gasteiger partial charge in [-0.1, -0.05) is 30.3 Å². The number of nitrogens with one attached hydrogen (secondary N) is 1. The zero-order chi connectivity index (χ0) is 19.4. The molecule has 1 heterocycles. The van der Waals surface area contributed by atoms with E-state index >= 15 is 0 Å². The highest BCUT2D eigenvalue weighted by molar-refractivity contribution is 5.56. The monoisotopic (exact) mass is 368 g/mol. The van der Waals surface area contributed by atoms with Crippen LogP contribution in [0.5, 0.6) is 0 Å². The Kier molecular flexibility index (Phi) is 5.64. The Hall–Kier alpha value is -3.02. The Morgan fingerprint density at radius 3 is 2.41 bits per heavy atom. The zero-order valence-electron chi connectivity index (χ0n) is 15.6. The van der Waals surface area contributed by atoms with E-state index in [1.54, 1.807) is 0 Å². The Bertz CT molecular complexity index is 913. The van der Waals surface area contributed by atoms with E-state index < -0.39 is 11.6 Å². The van der Waals surface area contributed by atoms with E-state index in [1.165, 1.54) is 17.7 Å². The number of anilines is 3. The lowest BCUT2D eigenvalue weighted by Gasteiger charge is -2.28. The van der Waals surface area contributed by atoms with Crippen molar-refractivity contribution in [2.75, 3.05) is 10.2 Å². The molecule has 0 aliphatic carbocycles. The molecule has 1 N–H and O–H groups in total. The number of hydrogen-bond donors (Lipinski definition) is 1. The largest absolute Gasteiger partial charge is 0.350 e. The molecule has 2 aromatic carbocycles. The highest BCUT2D eigenvalue weighted by Gasteiger charge is 2.15. The summed E-state index contributed by atoms with van der Waals surface area (Å²) in [6, 6.07) is 15.6. The molecule has 0 radical (unpaired) electrons. The van der Waals surface area contributed by atoms with Crippen LogP contribution in [0.2, 0.25) is 0 Å². The lowest BCUT2D eigenvalue weighted by molar-refractivity contribution is 0.586. The third kappa shape index (κ3) is 4.78. The van der Waals surface area contributed by atoms with Gasteiger partial charge in [-0.3, -0.25) is 0 Å². The third-order valence-electron chi connectivity index (χ3n) is 4.13. The van der Waals surface area contributed by atoms with E-state index in [4.69, 9.17) is 0 Å². The molecule has 0 amide bonds. The van der Waals surface area contributed by atoms with Crippen molar-refractivity contribution in [3.05, 3.63) is 77.5 Å². The van der Waals surface area contributed by atoms with Crippen LogP contribution in [0, 0.1) is 18.6 Å². The maximum Gasteiger partial charge on any atom is 0.229 e. The number of aromatic nitrogens is 2. The molecule has 0 bridgehead atoms. The van der Waals surface area contributed by atoms with Crippen molar-refractivity contribution in [2.45, 2.75) is 33.4 Å². The number of benzene rings is 2. The highest BCUT2D eigenvalue weighted by atomic mass is 19.1. The SMILES string of the molecule is Cc1cc(N(Cc2ccccc2)C(C)C)nc(Nc2ccc(F)cc2F)n1. The Balaban J connectivity index is 1.90. The van der Waals surface area contributed by atoms with Crippen LogP contribution in [0.3, 0.4) is 0 Å². The standard InChI is InChI=1S/C21H22F2N4/c1-14(2)27(13-16-7-5-4-6-8-16)20-11-15(3)24-21(26-20)25-19-10-9-17(22)12-18(19)23/h4-12,14H,13H2,1-3H3,(H,24,25,26). The van der Waals surface area contributed by atoms with E-state index in [0.717, 1.165) is 17.6 Å². The third-order valence-corrected chi connectivity index (χ3v) is 4.13. The first kappa shape index (κ1) is 18.8. The fraction of sp³-hybridized carbons (Fsp3) is 0.238. The molecule has 140 valence electrons. The fourth-order valence-electron chi connectivity index (χ4n) is 2.77. The van der Waals surface area contributed by atoms with Crippen LogP contribution in [0.1, 0.15) is 25.1 Å². The first-order valence-electron chi connectivity index (χ1n) is 8.80. The van der Waals surface area contributed by atoms with Crippen LogP contribution >= 0.6 is 0 Å². The molecule has 3 aromatic rings. The van der Waals surface area contributed by atoms with Crippen molar-refractivity contribution in [3.63, 3.8) is 0 Å². The van der Waals surface area contributed by atoms with Gasteiger partial charge in [0.05, 0.1) is 5.69 Å². The van der Waals surface area contributed by atoms with E-state index in [1.807, 2.05) is 31.2 Å². The molecule has 3 rings (SSSR count). The van der Waals surface area contributed by atoms with Crippen molar-refractivity contribution < 1.29 is 8.78 Å². The normalized spacial score (nSPS) is 10.9. The van der Waals surface area contributed by atoms with Gasteiger partial charge in [0.15, 0.2) is 0 Å². The number of aryl methyl sites for hydroxylation is 1. The molecule has 0 fully saturated rings. The van der Waals surface area contributed by atoms with Crippen LogP contribution in [-0.4, -0.2) is 16.0 Å². The molecule has 0 unspecified atom stereocenters. The summed E-state index contributed by atoms with van der Waals surface area (Å²) in [5.74, 6) is -0.301. The van der Waals surface area contributed by atoms with Gasteiger partial charge in [-0.2, -0.15) is 4.98 Å². The second kappa shape index (κ2) is 8.12. The Morgan fingerprint density at radius 1 is 1.00 bits per heavy atom. The van der Waals surface area contributed by atoms with Crippen LogP contribution in [0.25, 0.3) is 0 Å². The van der Waals surface area contributed by atoms with Crippen molar-refractivity contribution in [1.29, 1.82) is 0 Å². The Labute approximate surface area is 157 Å². The van der Waals surface area contributed by atoms with E-state index in [2.05, 4.69) is 46.2 Å². The van der Waals surface area contributed by atoms with Crippen LogP contribution in [0.4, 0.5) is 26.2 Å². The van der Waals surface area contributed by atoms with Gasteiger partial charge < -0.3 is 10.2 Å². The molecule has 27 heavy (non-hydrogen) atoms. The molecular formula is C21H22F2N4. The van der Waals surface area contributed by atoms with Crippen molar-refractivity contribution in [2.24, 2.45) is 0 Å². The minimum Gasteiger partial charge on any atom is -0.350 e. The minimum atomic E-state index is -0.688. The van der Waals surface area contributed by atoms with E-state index in [9.17, 15) is 8.78 Å². The summed E-state index contributed by atoms with van der Waals surface area (Å²) in [6.45, 7) is 6.73. The molecule has 0 aliphatic rings. The van der Waals surface area contributed by atoms with Crippen LogP contribution in [-0.2, 0) is 6.54 Å². The second-order valence-electron chi connectivity index (χ2n) is 6.65. The van der Waals surface area contributed by atoms with Gasteiger partial charge in [0, 0.05) is 30.4 Å². The first-order chi connectivity index (χ1) is 12.9. The van der Waals surface area contributed by atoms with Crippen molar-refractivity contribution in [1.82, 2.24) is 9.97 Å². The second-order valence-corrected chi connectivity index (χ2v) is 6.65. The summed E-state index contributed by atoms with van der Waals surface area (Å²) in [4.78, 5) is 11.0.